The molecule has 0 spiro atoms. The molecule has 0 fully saturated rings. The summed E-state index contributed by atoms with van der Waals surface area (Å²) in [5, 5.41) is 9.02. The van der Waals surface area contributed by atoms with Crippen LogP contribution in [0, 0.1) is 24.4 Å². The van der Waals surface area contributed by atoms with E-state index in [4.69, 9.17) is 0 Å². The fourth-order valence-electron chi connectivity index (χ4n) is 5.02. The topological polar surface area (TPSA) is 68.3 Å². The summed E-state index contributed by atoms with van der Waals surface area (Å²) < 4.78 is 44.7. The van der Waals surface area contributed by atoms with E-state index in [0.717, 1.165) is 17.7 Å². The predicted molar refractivity (Wildman–Crippen MR) is 119 cm³/mol. The number of aryl methyl sites for hydroxylation is 2. The Morgan fingerprint density at radius 1 is 1.18 bits per heavy atom. The van der Waals surface area contributed by atoms with Crippen molar-refractivity contribution in [3.8, 4) is 11.3 Å². The van der Waals surface area contributed by atoms with Crippen LogP contribution in [0.1, 0.15) is 53.6 Å². The Kier molecular flexibility index (Phi) is 5.18. The van der Waals surface area contributed by atoms with Crippen LogP contribution in [0.3, 0.4) is 0 Å². The number of hydrogen-bond acceptors (Lipinski definition) is 4. The van der Waals surface area contributed by atoms with E-state index in [1.807, 2.05) is 13.8 Å². The van der Waals surface area contributed by atoms with Crippen molar-refractivity contribution in [3.05, 3.63) is 70.6 Å². The van der Waals surface area contributed by atoms with Gasteiger partial charge in [0.1, 0.15) is 5.56 Å². The van der Waals surface area contributed by atoms with Gasteiger partial charge in [-0.2, -0.15) is 10.2 Å². The second-order valence-corrected chi connectivity index (χ2v) is 8.59. The summed E-state index contributed by atoms with van der Waals surface area (Å²) in [6, 6.07) is 3.11. The van der Waals surface area contributed by atoms with Gasteiger partial charge < -0.3 is 4.90 Å². The smallest absolute Gasteiger partial charge is 0.260 e. The predicted octanol–water partition coefficient (Wildman–Crippen LogP) is 4.39. The molecule has 5 rings (SSSR count). The quantitative estimate of drug-likeness (QED) is 0.418. The van der Waals surface area contributed by atoms with Gasteiger partial charge >= 0.3 is 0 Å². The summed E-state index contributed by atoms with van der Waals surface area (Å²) in [6.45, 7) is 5.65. The number of halogens is 3. The van der Waals surface area contributed by atoms with Gasteiger partial charge in [0.2, 0.25) is 0 Å². The van der Waals surface area contributed by atoms with Gasteiger partial charge in [0, 0.05) is 36.6 Å². The summed E-state index contributed by atoms with van der Waals surface area (Å²) >= 11 is 0. The second kappa shape index (κ2) is 7.96. The van der Waals surface area contributed by atoms with Gasteiger partial charge in [0.15, 0.2) is 23.1 Å². The van der Waals surface area contributed by atoms with Crippen LogP contribution >= 0.6 is 0 Å². The maximum Gasteiger partial charge on any atom is 0.260 e. The van der Waals surface area contributed by atoms with Crippen molar-refractivity contribution in [2.45, 2.75) is 45.7 Å². The van der Waals surface area contributed by atoms with Crippen molar-refractivity contribution in [1.29, 1.82) is 0 Å². The Bertz CT molecular complexity index is 1420. The van der Waals surface area contributed by atoms with Crippen LogP contribution in [0.5, 0.6) is 0 Å². The molecular weight excluding hydrogens is 445 g/mol. The first-order valence-corrected chi connectivity index (χ1v) is 11.1. The third-order valence-electron chi connectivity index (χ3n) is 6.57. The highest BCUT2D eigenvalue weighted by atomic mass is 19.2. The average Bonchev–Trinajstić information content (AvgIpc) is 3.32. The summed E-state index contributed by atoms with van der Waals surface area (Å²) in [5.74, 6) is -4.21. The molecule has 0 aliphatic carbocycles. The fourth-order valence-corrected chi connectivity index (χ4v) is 5.02. The Labute approximate surface area is 193 Å². The summed E-state index contributed by atoms with van der Waals surface area (Å²) in [5.41, 5.74) is 3.66. The largest absolute Gasteiger partial charge is 0.327 e. The Morgan fingerprint density at radius 3 is 2.56 bits per heavy atom. The molecule has 1 aromatic carbocycles. The van der Waals surface area contributed by atoms with Crippen molar-refractivity contribution >= 4 is 11.6 Å². The van der Waals surface area contributed by atoms with Crippen molar-refractivity contribution in [2.24, 2.45) is 7.05 Å². The lowest BCUT2D eigenvalue weighted by Gasteiger charge is -2.39. The molecule has 1 unspecified atom stereocenters. The molecule has 10 heteroatoms. The van der Waals surface area contributed by atoms with Crippen molar-refractivity contribution in [3.63, 3.8) is 0 Å². The summed E-state index contributed by atoms with van der Waals surface area (Å²) in [4.78, 5) is 20.0. The lowest BCUT2D eigenvalue weighted by Crippen LogP contribution is -2.46. The number of amides is 1. The number of fused-ring (bicyclic) bond motifs is 2. The van der Waals surface area contributed by atoms with Gasteiger partial charge in [-0.1, -0.05) is 6.92 Å². The highest BCUT2D eigenvalue weighted by Gasteiger charge is 2.40. The monoisotopic (exact) mass is 468 g/mol. The van der Waals surface area contributed by atoms with Gasteiger partial charge in [0.05, 0.1) is 23.1 Å². The van der Waals surface area contributed by atoms with Crippen LogP contribution < -0.4 is 0 Å². The average molecular weight is 468 g/mol. The first-order valence-electron chi connectivity index (χ1n) is 11.1. The van der Waals surface area contributed by atoms with E-state index in [1.165, 1.54) is 4.68 Å². The number of rotatable bonds is 3. The molecule has 1 aliphatic heterocycles. The summed E-state index contributed by atoms with van der Waals surface area (Å²) in [7, 11) is 1.67. The molecule has 1 aliphatic rings. The van der Waals surface area contributed by atoms with Crippen LogP contribution in [-0.4, -0.2) is 41.2 Å². The molecule has 0 saturated heterocycles. The molecule has 0 N–H and O–H groups in total. The molecule has 0 saturated carbocycles. The molecular formula is C24H23F3N6O. The van der Waals surface area contributed by atoms with Gasteiger partial charge in [-0.15, -0.1) is 0 Å². The lowest BCUT2D eigenvalue weighted by atomic mass is 9.89. The zero-order valence-corrected chi connectivity index (χ0v) is 19.2. The summed E-state index contributed by atoms with van der Waals surface area (Å²) in [6.07, 6.45) is 4.46. The van der Waals surface area contributed by atoms with Crippen LogP contribution in [-0.2, 0) is 13.5 Å². The third-order valence-corrected chi connectivity index (χ3v) is 6.57. The SMILES string of the molecule is CC[C@@H]1Cc2c(nn(C)c2-c2cc(F)c(F)c(F)c2)C(C)N1C(=O)c1c(C)nn2cccnc12. The molecule has 34 heavy (non-hydrogen) atoms. The molecule has 2 atom stereocenters. The number of hydrogen-bond donors (Lipinski definition) is 0. The minimum Gasteiger partial charge on any atom is -0.327 e. The molecule has 4 aromatic rings. The maximum atomic E-state index is 14.0. The van der Waals surface area contributed by atoms with Gasteiger partial charge in [0.25, 0.3) is 5.91 Å². The van der Waals surface area contributed by atoms with E-state index >= 15 is 0 Å². The lowest BCUT2D eigenvalue weighted by molar-refractivity contribution is 0.0546. The highest BCUT2D eigenvalue weighted by molar-refractivity contribution is 6.01. The molecule has 1 amide bonds. The number of aromatic nitrogens is 5. The molecule has 176 valence electrons. The Morgan fingerprint density at radius 2 is 1.88 bits per heavy atom. The number of carbonyl (C=O) groups is 1. The zero-order valence-electron chi connectivity index (χ0n) is 19.2. The normalized spacial score (nSPS) is 17.9. The molecule has 0 bridgehead atoms. The van der Waals surface area contributed by atoms with Crippen LogP contribution in [0.15, 0.2) is 30.6 Å². The van der Waals surface area contributed by atoms with E-state index in [2.05, 4.69) is 15.2 Å². The van der Waals surface area contributed by atoms with Crippen LogP contribution in [0.4, 0.5) is 13.2 Å². The number of carbonyl (C=O) groups excluding carboxylic acids is 1. The van der Waals surface area contributed by atoms with E-state index < -0.39 is 23.5 Å². The minimum atomic E-state index is -1.51. The Balaban J connectivity index is 1.62. The second-order valence-electron chi connectivity index (χ2n) is 8.59. The first-order chi connectivity index (χ1) is 16.2. The molecule has 4 heterocycles. The van der Waals surface area contributed by atoms with Crippen LogP contribution in [0.2, 0.25) is 0 Å². The van der Waals surface area contributed by atoms with Crippen molar-refractivity contribution in [1.82, 2.24) is 29.3 Å². The van der Waals surface area contributed by atoms with Crippen LogP contribution in [0.25, 0.3) is 16.9 Å². The Hall–Kier alpha value is -3.69. The van der Waals surface area contributed by atoms with Crippen molar-refractivity contribution in [2.75, 3.05) is 0 Å². The standard InChI is InChI=1S/C24H23F3N6O/c1-5-15-11-16-21(30-31(4)22(16)14-9-17(25)20(27)18(26)10-14)13(3)33(15)24(34)19-12(2)29-32-8-6-7-28-23(19)32/h6-10,13,15H,5,11H2,1-4H3/t13?,15-/m1/s1. The highest BCUT2D eigenvalue weighted by Crippen LogP contribution is 2.40. The number of nitrogens with zero attached hydrogens (tertiary/aromatic N) is 6. The first kappa shape index (κ1) is 22.1. The molecule has 7 nitrogen and oxygen atoms in total. The molecule has 3 aromatic heterocycles. The van der Waals surface area contributed by atoms with E-state index in [9.17, 15) is 18.0 Å². The van der Waals surface area contributed by atoms with Gasteiger partial charge in [-0.25, -0.2) is 22.7 Å². The minimum absolute atomic E-state index is 0.189. The van der Waals surface area contributed by atoms with Gasteiger partial charge in [-0.3, -0.25) is 9.48 Å². The zero-order chi connectivity index (χ0) is 24.3. The third kappa shape index (κ3) is 3.19. The number of benzene rings is 1. The van der Waals surface area contributed by atoms with Gasteiger partial charge in [-0.05, 0) is 44.9 Å². The van der Waals surface area contributed by atoms with Crippen molar-refractivity contribution < 1.29 is 18.0 Å². The molecule has 0 radical (unpaired) electrons. The van der Waals surface area contributed by atoms with E-state index in [-0.39, 0.29) is 17.5 Å². The maximum absolute atomic E-state index is 14.0. The van der Waals surface area contributed by atoms with E-state index in [1.54, 1.807) is 41.8 Å². The van der Waals surface area contributed by atoms with E-state index in [0.29, 0.717) is 41.1 Å². The fraction of sp³-hybridized carbons (Fsp3) is 0.333.